The number of rotatable bonds is 6. The number of anilines is 1. The van der Waals surface area contributed by atoms with Crippen LogP contribution in [0.15, 0.2) is 72.9 Å². The van der Waals surface area contributed by atoms with E-state index >= 15 is 0 Å². The van der Waals surface area contributed by atoms with E-state index in [4.69, 9.17) is 4.74 Å². The number of benzene rings is 2. The van der Waals surface area contributed by atoms with Crippen molar-refractivity contribution in [1.29, 1.82) is 0 Å². The second kappa shape index (κ2) is 7.59. The zero-order valence-electron chi connectivity index (χ0n) is 13.5. The third-order valence-corrected chi connectivity index (χ3v) is 3.72. The summed E-state index contributed by atoms with van der Waals surface area (Å²) in [5.74, 6) is 0.577. The second-order valence-electron chi connectivity index (χ2n) is 5.56. The highest BCUT2D eigenvalue weighted by molar-refractivity contribution is 5.47. The number of nitrogens with zero attached hydrogens (tertiary/aromatic N) is 2. The molecule has 122 valence electrons. The van der Waals surface area contributed by atoms with Crippen LogP contribution in [0.5, 0.6) is 5.75 Å². The Morgan fingerprint density at radius 2 is 1.71 bits per heavy atom. The van der Waals surface area contributed by atoms with Gasteiger partial charge in [0.05, 0.1) is 11.4 Å². The first-order chi connectivity index (χ1) is 11.7. The number of pyridine rings is 1. The molecule has 0 spiro atoms. The topological polar surface area (TPSA) is 25.4 Å². The van der Waals surface area contributed by atoms with E-state index in [0.29, 0.717) is 18.8 Å². The summed E-state index contributed by atoms with van der Waals surface area (Å²) in [5.41, 5.74) is 2.57. The van der Waals surface area contributed by atoms with Gasteiger partial charge in [0.25, 0.3) is 0 Å². The summed E-state index contributed by atoms with van der Waals surface area (Å²) < 4.78 is 19.5. The molecule has 3 nitrogen and oxygen atoms in total. The third kappa shape index (κ3) is 4.10. The molecule has 0 aliphatic rings. The molecule has 0 amide bonds. The molecule has 0 saturated heterocycles. The first kappa shape index (κ1) is 16.0. The third-order valence-electron chi connectivity index (χ3n) is 3.72. The fourth-order valence-electron chi connectivity index (χ4n) is 2.45. The lowest BCUT2D eigenvalue weighted by Crippen LogP contribution is -2.17. The maximum Gasteiger partial charge on any atom is 0.146 e. The molecule has 0 fully saturated rings. The van der Waals surface area contributed by atoms with Gasteiger partial charge in [-0.05, 0) is 42.0 Å². The fraction of sp³-hybridized carbons (Fsp3) is 0.150. The largest absolute Gasteiger partial charge is 0.487 e. The Morgan fingerprint density at radius 1 is 0.958 bits per heavy atom. The second-order valence-corrected chi connectivity index (χ2v) is 5.56. The van der Waals surface area contributed by atoms with Crippen molar-refractivity contribution in [3.8, 4) is 5.75 Å². The van der Waals surface area contributed by atoms with Gasteiger partial charge in [-0.15, -0.1) is 0 Å². The standard InChI is InChI=1S/C20H19FN2O/c1-23(20-8-3-2-7-19(20)21)14-16-9-11-18(12-10-16)24-15-17-6-4-5-13-22-17/h2-13H,14-15H2,1H3. The van der Waals surface area contributed by atoms with Gasteiger partial charge in [-0.25, -0.2) is 4.39 Å². The maximum absolute atomic E-state index is 13.8. The van der Waals surface area contributed by atoms with Crippen molar-refractivity contribution in [3.05, 3.63) is 90.0 Å². The van der Waals surface area contributed by atoms with Crippen molar-refractivity contribution >= 4 is 5.69 Å². The zero-order valence-corrected chi connectivity index (χ0v) is 13.5. The van der Waals surface area contributed by atoms with Crippen LogP contribution in [0, 0.1) is 5.82 Å². The monoisotopic (exact) mass is 322 g/mol. The number of aromatic nitrogens is 1. The quantitative estimate of drug-likeness (QED) is 0.671. The maximum atomic E-state index is 13.8. The average molecular weight is 322 g/mol. The summed E-state index contributed by atoms with van der Waals surface area (Å²) in [6, 6.07) is 20.4. The van der Waals surface area contributed by atoms with Crippen molar-refractivity contribution in [2.45, 2.75) is 13.2 Å². The molecule has 0 atom stereocenters. The van der Waals surface area contributed by atoms with E-state index in [1.165, 1.54) is 6.07 Å². The number of hydrogen-bond acceptors (Lipinski definition) is 3. The Hall–Kier alpha value is -2.88. The summed E-state index contributed by atoms with van der Waals surface area (Å²) in [7, 11) is 1.88. The highest BCUT2D eigenvalue weighted by Gasteiger charge is 2.07. The number of hydrogen-bond donors (Lipinski definition) is 0. The molecule has 0 N–H and O–H groups in total. The van der Waals surface area contributed by atoms with Crippen molar-refractivity contribution < 1.29 is 9.13 Å². The molecule has 3 rings (SSSR count). The molecule has 2 aromatic carbocycles. The Kier molecular flexibility index (Phi) is 5.06. The van der Waals surface area contributed by atoms with Gasteiger partial charge in [0, 0.05) is 19.8 Å². The highest BCUT2D eigenvalue weighted by Crippen LogP contribution is 2.20. The molecule has 0 bridgehead atoms. The van der Waals surface area contributed by atoms with Crippen LogP contribution in [0.25, 0.3) is 0 Å². The van der Waals surface area contributed by atoms with Crippen LogP contribution >= 0.6 is 0 Å². The smallest absolute Gasteiger partial charge is 0.146 e. The summed E-state index contributed by atoms with van der Waals surface area (Å²) in [4.78, 5) is 6.11. The van der Waals surface area contributed by atoms with E-state index in [2.05, 4.69) is 4.98 Å². The lowest BCUT2D eigenvalue weighted by molar-refractivity contribution is 0.301. The lowest BCUT2D eigenvalue weighted by Gasteiger charge is -2.20. The molecule has 0 saturated carbocycles. The molecule has 24 heavy (non-hydrogen) atoms. The normalized spacial score (nSPS) is 10.4. The van der Waals surface area contributed by atoms with Gasteiger partial charge in [0.15, 0.2) is 0 Å². The van der Waals surface area contributed by atoms with Crippen molar-refractivity contribution in [2.75, 3.05) is 11.9 Å². The van der Waals surface area contributed by atoms with Crippen molar-refractivity contribution in [1.82, 2.24) is 4.98 Å². The zero-order chi connectivity index (χ0) is 16.8. The minimum absolute atomic E-state index is 0.213. The van der Waals surface area contributed by atoms with Crippen LogP contribution in [0.1, 0.15) is 11.3 Å². The summed E-state index contributed by atoms with van der Waals surface area (Å²) >= 11 is 0. The molecule has 3 aromatic rings. The SMILES string of the molecule is CN(Cc1ccc(OCc2ccccn2)cc1)c1ccccc1F. The van der Waals surface area contributed by atoms with E-state index in [9.17, 15) is 4.39 Å². The van der Waals surface area contributed by atoms with E-state index < -0.39 is 0 Å². The Morgan fingerprint density at radius 3 is 2.42 bits per heavy atom. The summed E-state index contributed by atoms with van der Waals surface area (Å²) in [6.45, 7) is 1.07. The van der Waals surface area contributed by atoms with E-state index in [1.54, 1.807) is 18.3 Å². The molecule has 1 aromatic heterocycles. The number of ether oxygens (including phenoxy) is 1. The van der Waals surface area contributed by atoms with E-state index in [-0.39, 0.29) is 5.82 Å². The summed E-state index contributed by atoms with van der Waals surface area (Å²) in [5, 5.41) is 0. The van der Waals surface area contributed by atoms with Gasteiger partial charge in [0.2, 0.25) is 0 Å². The molecule has 0 radical (unpaired) electrons. The average Bonchev–Trinajstić information content (AvgIpc) is 2.62. The fourth-order valence-corrected chi connectivity index (χ4v) is 2.45. The number of halogens is 1. The van der Waals surface area contributed by atoms with Gasteiger partial charge in [0.1, 0.15) is 18.2 Å². The molecular weight excluding hydrogens is 303 g/mol. The molecule has 4 heteroatoms. The first-order valence-corrected chi connectivity index (χ1v) is 7.80. The number of para-hydroxylation sites is 1. The first-order valence-electron chi connectivity index (χ1n) is 7.80. The predicted molar refractivity (Wildman–Crippen MR) is 93.5 cm³/mol. The molecule has 0 aliphatic carbocycles. The van der Waals surface area contributed by atoms with Crippen LogP contribution in [0.2, 0.25) is 0 Å². The Balaban J connectivity index is 1.59. The Bertz CT molecular complexity index is 775. The van der Waals surface area contributed by atoms with Gasteiger partial charge >= 0.3 is 0 Å². The van der Waals surface area contributed by atoms with Crippen LogP contribution in [-0.2, 0) is 13.2 Å². The van der Waals surface area contributed by atoms with Crippen LogP contribution in [-0.4, -0.2) is 12.0 Å². The lowest BCUT2D eigenvalue weighted by atomic mass is 10.2. The van der Waals surface area contributed by atoms with Gasteiger partial charge < -0.3 is 9.64 Å². The van der Waals surface area contributed by atoms with E-state index in [0.717, 1.165) is 17.0 Å². The van der Waals surface area contributed by atoms with Gasteiger partial charge in [-0.3, -0.25) is 4.98 Å². The molecule has 0 unspecified atom stereocenters. The minimum atomic E-state index is -0.213. The van der Waals surface area contributed by atoms with Crippen LogP contribution in [0.3, 0.4) is 0 Å². The molecule has 1 heterocycles. The van der Waals surface area contributed by atoms with Gasteiger partial charge in [-0.2, -0.15) is 0 Å². The molecular formula is C20H19FN2O. The van der Waals surface area contributed by atoms with E-state index in [1.807, 2.05) is 60.5 Å². The van der Waals surface area contributed by atoms with Gasteiger partial charge in [-0.1, -0.05) is 30.3 Å². The highest BCUT2D eigenvalue weighted by atomic mass is 19.1. The minimum Gasteiger partial charge on any atom is -0.487 e. The molecule has 0 aliphatic heterocycles. The van der Waals surface area contributed by atoms with Crippen molar-refractivity contribution in [3.63, 3.8) is 0 Å². The predicted octanol–water partition coefficient (Wildman–Crippen LogP) is 4.44. The van der Waals surface area contributed by atoms with Crippen molar-refractivity contribution in [2.24, 2.45) is 0 Å². The Labute approximate surface area is 141 Å². The summed E-state index contributed by atoms with van der Waals surface area (Å²) in [6.07, 6.45) is 1.75. The van der Waals surface area contributed by atoms with Crippen LogP contribution < -0.4 is 9.64 Å². The van der Waals surface area contributed by atoms with Crippen LogP contribution in [0.4, 0.5) is 10.1 Å².